The van der Waals surface area contributed by atoms with Gasteiger partial charge in [0.25, 0.3) is 0 Å². The maximum Gasteiger partial charge on any atom is 0.156 e. The van der Waals surface area contributed by atoms with Crippen molar-refractivity contribution in [1.82, 2.24) is 9.97 Å². The van der Waals surface area contributed by atoms with Gasteiger partial charge in [0, 0.05) is 22.0 Å². The van der Waals surface area contributed by atoms with Gasteiger partial charge in [0.2, 0.25) is 0 Å². The maximum atomic E-state index is 5.38. The summed E-state index contributed by atoms with van der Waals surface area (Å²) in [7, 11) is 0. The summed E-state index contributed by atoms with van der Waals surface area (Å²) in [5, 5.41) is 2.72. The molecule has 1 heterocycles. The maximum absolute atomic E-state index is 5.38. The minimum atomic E-state index is -0.190. The lowest BCUT2D eigenvalue weighted by Crippen LogP contribution is -2.30. The van der Waals surface area contributed by atoms with Gasteiger partial charge in [-0.1, -0.05) is 179 Å². The molecule has 0 N–H and O–H groups in total. The molecule has 0 spiro atoms. The predicted molar refractivity (Wildman–Crippen MR) is 243 cm³/mol. The lowest BCUT2D eigenvalue weighted by Gasteiger charge is -2.40. The number of hydrogen-bond acceptors (Lipinski definition) is 2. The summed E-state index contributed by atoms with van der Waals surface area (Å²) in [6.07, 6.45) is 13.4. The number of allylic oxidation sites excluding steroid dienone is 8. The SMILES string of the molecule is CC1(C)C2=C(CCC(c3nc(-c4ccc(C5=CCCC=C5)cc4)cc(-c4ccc(-c5ccccc5)cc4)n3)=C2)c2ccc3c(c21)C(C)(C)c1cccc2cccc-3c12. The van der Waals surface area contributed by atoms with Crippen molar-refractivity contribution in [1.29, 1.82) is 0 Å². The normalized spacial score (nSPS) is 17.0. The largest absolute Gasteiger partial charge is 0.228 e. The molecule has 0 bridgehead atoms. The Hall–Kier alpha value is -6.38. The van der Waals surface area contributed by atoms with Crippen LogP contribution in [0.25, 0.3) is 72.3 Å². The molecule has 0 radical (unpaired) electrons. The topological polar surface area (TPSA) is 25.8 Å². The molecule has 0 saturated carbocycles. The van der Waals surface area contributed by atoms with Crippen molar-refractivity contribution in [2.45, 2.75) is 64.2 Å². The zero-order valence-corrected chi connectivity index (χ0v) is 33.7. The smallest absolute Gasteiger partial charge is 0.156 e. The molecule has 0 saturated heterocycles. The Morgan fingerprint density at radius 1 is 0.517 bits per heavy atom. The van der Waals surface area contributed by atoms with Gasteiger partial charge in [-0.15, -0.1) is 0 Å². The third-order valence-corrected chi connectivity index (χ3v) is 13.4. The number of hydrogen-bond donors (Lipinski definition) is 0. The molecular weight excluding hydrogens is 701 g/mol. The van der Waals surface area contributed by atoms with Crippen molar-refractivity contribution < 1.29 is 0 Å². The third kappa shape index (κ3) is 5.38. The number of rotatable bonds is 5. The summed E-state index contributed by atoms with van der Waals surface area (Å²) >= 11 is 0. The van der Waals surface area contributed by atoms with E-state index in [1.807, 2.05) is 0 Å². The Labute approximate surface area is 342 Å². The molecule has 0 atom stereocenters. The molecule has 11 rings (SSSR count). The third-order valence-electron chi connectivity index (χ3n) is 13.4. The van der Waals surface area contributed by atoms with E-state index >= 15 is 0 Å². The van der Waals surface area contributed by atoms with Crippen molar-refractivity contribution >= 4 is 27.5 Å². The van der Waals surface area contributed by atoms with Crippen LogP contribution >= 0.6 is 0 Å². The lowest BCUT2D eigenvalue weighted by molar-refractivity contribution is 0.587. The summed E-state index contributed by atoms with van der Waals surface area (Å²) in [6, 6.07) is 49.0. The molecule has 7 aromatic rings. The van der Waals surface area contributed by atoms with Gasteiger partial charge in [-0.3, -0.25) is 0 Å². The van der Waals surface area contributed by atoms with Crippen LogP contribution < -0.4 is 0 Å². The first-order chi connectivity index (χ1) is 28.3. The second-order valence-electron chi connectivity index (χ2n) is 17.6. The first kappa shape index (κ1) is 34.8. The summed E-state index contributed by atoms with van der Waals surface area (Å²) < 4.78 is 0. The minimum Gasteiger partial charge on any atom is -0.228 e. The number of nitrogens with zero attached hydrogens (tertiary/aromatic N) is 2. The molecule has 0 unspecified atom stereocenters. The Bertz CT molecular complexity index is 2950. The van der Waals surface area contributed by atoms with E-state index in [9.17, 15) is 0 Å². The van der Waals surface area contributed by atoms with Crippen molar-refractivity contribution in [3.63, 3.8) is 0 Å². The molecule has 2 nitrogen and oxygen atoms in total. The fourth-order valence-corrected chi connectivity index (χ4v) is 10.5. The van der Waals surface area contributed by atoms with Crippen LogP contribution in [0.4, 0.5) is 0 Å². The van der Waals surface area contributed by atoms with E-state index in [0.717, 1.165) is 54.0 Å². The van der Waals surface area contributed by atoms with Gasteiger partial charge in [0.15, 0.2) is 5.82 Å². The molecular formula is C56H46N2. The van der Waals surface area contributed by atoms with Crippen LogP contribution in [0.5, 0.6) is 0 Å². The van der Waals surface area contributed by atoms with E-state index in [-0.39, 0.29) is 10.8 Å². The highest BCUT2D eigenvalue weighted by Crippen LogP contribution is 2.59. The van der Waals surface area contributed by atoms with Crippen LogP contribution in [0.3, 0.4) is 0 Å². The highest BCUT2D eigenvalue weighted by Gasteiger charge is 2.45. The first-order valence-electron chi connectivity index (χ1n) is 20.9. The Kier molecular flexibility index (Phi) is 7.86. The van der Waals surface area contributed by atoms with E-state index in [0.29, 0.717) is 0 Å². The van der Waals surface area contributed by atoms with E-state index in [1.54, 1.807) is 0 Å². The minimum absolute atomic E-state index is 0.144. The quantitative estimate of drug-likeness (QED) is 0.175. The van der Waals surface area contributed by atoms with E-state index in [4.69, 9.17) is 9.97 Å². The highest BCUT2D eigenvalue weighted by atomic mass is 14.9. The zero-order valence-electron chi connectivity index (χ0n) is 33.7. The first-order valence-corrected chi connectivity index (χ1v) is 20.9. The van der Waals surface area contributed by atoms with Gasteiger partial charge in [0.05, 0.1) is 11.4 Å². The fourth-order valence-electron chi connectivity index (χ4n) is 10.5. The molecule has 2 heteroatoms. The summed E-state index contributed by atoms with van der Waals surface area (Å²) in [6.45, 7) is 9.77. The van der Waals surface area contributed by atoms with Crippen LogP contribution in [0.2, 0.25) is 0 Å². The second kappa shape index (κ2) is 13.1. The summed E-state index contributed by atoms with van der Waals surface area (Å²) in [4.78, 5) is 10.8. The summed E-state index contributed by atoms with van der Waals surface area (Å²) in [5.41, 5.74) is 21.3. The van der Waals surface area contributed by atoms with E-state index < -0.39 is 0 Å². The Balaban J connectivity index is 1.02. The average Bonchev–Trinajstić information content (AvgIpc) is 3.51. The molecule has 0 aliphatic heterocycles. The van der Waals surface area contributed by atoms with Gasteiger partial charge in [-0.25, -0.2) is 9.97 Å². The lowest BCUT2D eigenvalue weighted by atomic mass is 9.63. The predicted octanol–water partition coefficient (Wildman–Crippen LogP) is 14.6. The van der Waals surface area contributed by atoms with Crippen LogP contribution in [-0.2, 0) is 10.8 Å². The van der Waals surface area contributed by atoms with Crippen molar-refractivity contribution in [3.8, 4) is 44.8 Å². The van der Waals surface area contributed by atoms with Crippen molar-refractivity contribution in [2.75, 3.05) is 0 Å². The molecule has 4 aliphatic rings. The number of aromatic nitrogens is 2. The Morgan fingerprint density at radius 2 is 1.16 bits per heavy atom. The molecule has 280 valence electrons. The van der Waals surface area contributed by atoms with Crippen LogP contribution in [-0.4, -0.2) is 9.97 Å². The van der Waals surface area contributed by atoms with Gasteiger partial charge in [0.1, 0.15) is 0 Å². The van der Waals surface area contributed by atoms with Crippen LogP contribution in [0, 0.1) is 0 Å². The zero-order chi connectivity index (χ0) is 39.2. The van der Waals surface area contributed by atoms with E-state index in [2.05, 4.69) is 185 Å². The van der Waals surface area contributed by atoms with Crippen molar-refractivity contribution in [3.05, 3.63) is 197 Å². The molecule has 58 heavy (non-hydrogen) atoms. The molecule has 1 aromatic heterocycles. The number of benzene rings is 6. The molecule has 4 aliphatic carbocycles. The van der Waals surface area contributed by atoms with Gasteiger partial charge in [-0.2, -0.15) is 0 Å². The monoisotopic (exact) mass is 746 g/mol. The molecule has 0 fully saturated rings. The number of fused-ring (bicyclic) bond motifs is 5. The fraction of sp³-hybridized carbons (Fsp3) is 0.179. The molecule has 0 amide bonds. The standard InChI is InChI=1S/C56H46N2/c1-55(2)47-20-12-18-41-17-11-19-44(51(41)47)46-32-31-45-43-30-29-42(33-48(43)56(3,4)52(45)53(46)55)54-57-49(39-25-21-37(22-26-39)35-13-7-5-8-14-35)34-50(58-54)40-27-23-38(24-28-40)36-15-9-6-10-16-36/h5,7-9,11-28,31-34H,6,10,29-30H2,1-4H3. The van der Waals surface area contributed by atoms with Gasteiger partial charge < -0.3 is 0 Å². The van der Waals surface area contributed by atoms with Crippen molar-refractivity contribution in [2.24, 2.45) is 0 Å². The highest BCUT2D eigenvalue weighted by molar-refractivity contribution is 6.05. The van der Waals surface area contributed by atoms with Crippen LogP contribution in [0.1, 0.15) is 87.0 Å². The van der Waals surface area contributed by atoms with Gasteiger partial charge >= 0.3 is 0 Å². The Morgan fingerprint density at radius 3 is 1.86 bits per heavy atom. The second-order valence-corrected chi connectivity index (χ2v) is 17.6. The van der Waals surface area contributed by atoms with E-state index in [1.165, 1.54) is 83.1 Å². The van der Waals surface area contributed by atoms with Gasteiger partial charge in [-0.05, 0) is 115 Å². The van der Waals surface area contributed by atoms with Crippen LogP contribution in [0.15, 0.2) is 163 Å². The molecule has 6 aromatic carbocycles. The summed E-state index contributed by atoms with van der Waals surface area (Å²) in [5.74, 6) is 0.822. The average molecular weight is 747 g/mol.